The Kier molecular flexibility index (Phi) is 6.24. The highest BCUT2D eigenvalue weighted by Crippen LogP contribution is 2.09. The summed E-state index contributed by atoms with van der Waals surface area (Å²) in [6, 6.07) is 9.27. The maximum absolute atomic E-state index is 12.1. The average Bonchev–Trinajstić information content (AvgIpc) is 2.53. The monoisotopic (exact) mass is 323 g/mol. The number of piperidine rings is 1. The van der Waals surface area contributed by atoms with Gasteiger partial charge in [0, 0.05) is 19.6 Å². The number of guanidine groups is 1. The van der Waals surface area contributed by atoms with Gasteiger partial charge in [-0.25, -0.2) is 8.42 Å². The lowest BCUT2D eigenvalue weighted by atomic mass is 10.1. The molecule has 6 heteroatoms. The number of aliphatic imine (C=N–C) groups is 1. The minimum atomic E-state index is -3.08. The van der Waals surface area contributed by atoms with Crippen LogP contribution in [0.25, 0.3) is 0 Å². The lowest BCUT2D eigenvalue weighted by Gasteiger charge is -2.27. The molecule has 1 aliphatic rings. The van der Waals surface area contributed by atoms with Crippen molar-refractivity contribution in [3.05, 3.63) is 35.9 Å². The van der Waals surface area contributed by atoms with Gasteiger partial charge in [-0.1, -0.05) is 30.3 Å². The molecule has 0 radical (unpaired) electrons. The van der Waals surface area contributed by atoms with E-state index in [1.54, 1.807) is 0 Å². The fourth-order valence-electron chi connectivity index (χ4n) is 2.60. The molecule has 5 nitrogen and oxygen atoms in total. The standard InChI is InChI=1S/C16H25N3O2S/c17-16(19-11-5-2-6-12-19)18-10-7-13-22(20,21)14-15-8-3-1-4-9-15/h1,3-4,8-9H,2,5-7,10-14H2,(H2,17,18). The van der Waals surface area contributed by atoms with Gasteiger partial charge >= 0.3 is 0 Å². The van der Waals surface area contributed by atoms with Crippen LogP contribution in [0.3, 0.4) is 0 Å². The average molecular weight is 323 g/mol. The zero-order chi connectivity index (χ0) is 15.8. The Hall–Kier alpha value is -1.56. The molecule has 22 heavy (non-hydrogen) atoms. The summed E-state index contributed by atoms with van der Waals surface area (Å²) in [4.78, 5) is 6.40. The molecule has 0 bridgehead atoms. The van der Waals surface area contributed by atoms with Crippen LogP contribution >= 0.6 is 0 Å². The van der Waals surface area contributed by atoms with Gasteiger partial charge in [-0.3, -0.25) is 4.99 Å². The molecule has 0 atom stereocenters. The summed E-state index contributed by atoms with van der Waals surface area (Å²) in [6.07, 6.45) is 4.08. The van der Waals surface area contributed by atoms with E-state index in [0.29, 0.717) is 18.9 Å². The fourth-order valence-corrected chi connectivity index (χ4v) is 4.01. The van der Waals surface area contributed by atoms with Gasteiger partial charge < -0.3 is 10.6 Å². The predicted molar refractivity (Wildman–Crippen MR) is 90.5 cm³/mol. The Morgan fingerprint density at radius 1 is 1.14 bits per heavy atom. The normalized spacial score (nSPS) is 16.7. The van der Waals surface area contributed by atoms with E-state index in [1.807, 2.05) is 30.3 Å². The third kappa shape index (κ3) is 5.67. The lowest BCUT2D eigenvalue weighted by Crippen LogP contribution is -2.40. The minimum Gasteiger partial charge on any atom is -0.370 e. The van der Waals surface area contributed by atoms with Crippen molar-refractivity contribution >= 4 is 15.8 Å². The van der Waals surface area contributed by atoms with E-state index in [1.165, 1.54) is 6.42 Å². The zero-order valence-electron chi connectivity index (χ0n) is 12.9. The second kappa shape index (κ2) is 8.17. The number of nitrogens with two attached hydrogens (primary N) is 1. The quantitative estimate of drug-likeness (QED) is 0.492. The van der Waals surface area contributed by atoms with E-state index in [9.17, 15) is 8.42 Å². The Bertz CT molecular complexity index is 579. The molecule has 2 rings (SSSR count). The Balaban J connectivity index is 1.75. The molecule has 0 amide bonds. The molecule has 1 aliphatic heterocycles. The van der Waals surface area contributed by atoms with Gasteiger partial charge in [-0.05, 0) is 31.2 Å². The Labute approximate surface area is 133 Å². The molecule has 0 aromatic heterocycles. The SMILES string of the molecule is NC(=NCCCS(=O)(=O)Cc1ccccc1)N1CCCCC1. The Morgan fingerprint density at radius 2 is 1.82 bits per heavy atom. The van der Waals surface area contributed by atoms with Crippen molar-refractivity contribution in [2.75, 3.05) is 25.4 Å². The molecule has 0 saturated carbocycles. The summed E-state index contributed by atoms with van der Waals surface area (Å²) in [5, 5.41) is 0. The molecular formula is C16H25N3O2S. The molecule has 122 valence electrons. The van der Waals surface area contributed by atoms with Gasteiger partial charge in [0.1, 0.15) is 0 Å². The van der Waals surface area contributed by atoms with Crippen LogP contribution in [-0.2, 0) is 15.6 Å². The zero-order valence-corrected chi connectivity index (χ0v) is 13.8. The summed E-state index contributed by atoms with van der Waals surface area (Å²) in [6.45, 7) is 2.39. The summed E-state index contributed by atoms with van der Waals surface area (Å²) in [5.74, 6) is 0.804. The smallest absolute Gasteiger partial charge is 0.191 e. The Morgan fingerprint density at radius 3 is 2.50 bits per heavy atom. The van der Waals surface area contributed by atoms with Gasteiger partial charge in [0.25, 0.3) is 0 Å². The molecule has 1 heterocycles. The van der Waals surface area contributed by atoms with Gasteiger partial charge in [-0.15, -0.1) is 0 Å². The molecule has 0 aliphatic carbocycles. The van der Waals surface area contributed by atoms with Crippen LogP contribution in [0, 0.1) is 0 Å². The van der Waals surface area contributed by atoms with Gasteiger partial charge in [0.15, 0.2) is 15.8 Å². The van der Waals surface area contributed by atoms with Crippen LogP contribution in [0.15, 0.2) is 35.3 Å². The van der Waals surface area contributed by atoms with Gasteiger partial charge in [0.05, 0.1) is 11.5 Å². The second-order valence-corrected chi connectivity index (χ2v) is 7.90. The van der Waals surface area contributed by atoms with Crippen molar-refractivity contribution in [3.8, 4) is 0 Å². The minimum absolute atomic E-state index is 0.0964. The van der Waals surface area contributed by atoms with Crippen LogP contribution in [0.4, 0.5) is 0 Å². The van der Waals surface area contributed by atoms with Crippen molar-refractivity contribution in [2.45, 2.75) is 31.4 Å². The number of hydrogen-bond acceptors (Lipinski definition) is 3. The highest BCUT2D eigenvalue weighted by Gasteiger charge is 2.13. The number of benzene rings is 1. The van der Waals surface area contributed by atoms with Crippen LogP contribution in [-0.4, -0.2) is 44.7 Å². The topological polar surface area (TPSA) is 75.8 Å². The van der Waals surface area contributed by atoms with E-state index in [2.05, 4.69) is 9.89 Å². The predicted octanol–water partition coefficient (Wildman–Crippen LogP) is 1.79. The molecule has 1 fully saturated rings. The first kappa shape index (κ1) is 16.8. The van der Waals surface area contributed by atoms with Gasteiger partial charge in [-0.2, -0.15) is 0 Å². The first-order valence-electron chi connectivity index (χ1n) is 7.86. The lowest BCUT2D eigenvalue weighted by molar-refractivity contribution is 0.338. The van der Waals surface area contributed by atoms with Crippen LogP contribution in [0.5, 0.6) is 0 Å². The van der Waals surface area contributed by atoms with Gasteiger partial charge in [0.2, 0.25) is 0 Å². The van der Waals surface area contributed by atoms with E-state index < -0.39 is 9.84 Å². The number of nitrogens with zero attached hydrogens (tertiary/aromatic N) is 2. The van der Waals surface area contributed by atoms with Crippen molar-refractivity contribution in [1.82, 2.24) is 4.90 Å². The maximum atomic E-state index is 12.1. The van der Waals surface area contributed by atoms with E-state index in [4.69, 9.17) is 5.73 Å². The van der Waals surface area contributed by atoms with E-state index in [-0.39, 0.29) is 11.5 Å². The summed E-state index contributed by atoms with van der Waals surface area (Å²) in [7, 11) is -3.08. The van der Waals surface area contributed by atoms with E-state index in [0.717, 1.165) is 31.5 Å². The first-order chi connectivity index (χ1) is 10.6. The van der Waals surface area contributed by atoms with Crippen molar-refractivity contribution in [3.63, 3.8) is 0 Å². The number of rotatable bonds is 6. The molecule has 0 spiro atoms. The summed E-state index contributed by atoms with van der Waals surface area (Å²) < 4.78 is 24.1. The molecule has 1 aromatic carbocycles. The molecule has 1 aromatic rings. The number of likely N-dealkylation sites (tertiary alicyclic amines) is 1. The number of hydrogen-bond donors (Lipinski definition) is 1. The van der Waals surface area contributed by atoms with Crippen molar-refractivity contribution in [2.24, 2.45) is 10.7 Å². The van der Waals surface area contributed by atoms with Crippen molar-refractivity contribution < 1.29 is 8.42 Å². The summed E-state index contributed by atoms with van der Waals surface area (Å²) >= 11 is 0. The number of sulfone groups is 1. The second-order valence-electron chi connectivity index (χ2n) is 5.72. The largest absolute Gasteiger partial charge is 0.370 e. The van der Waals surface area contributed by atoms with E-state index >= 15 is 0 Å². The van der Waals surface area contributed by atoms with Crippen LogP contribution < -0.4 is 5.73 Å². The van der Waals surface area contributed by atoms with Crippen LogP contribution in [0.1, 0.15) is 31.2 Å². The molecule has 0 unspecified atom stereocenters. The molecule has 2 N–H and O–H groups in total. The third-order valence-corrected chi connectivity index (χ3v) is 5.48. The molecule has 1 saturated heterocycles. The van der Waals surface area contributed by atoms with Crippen LogP contribution in [0.2, 0.25) is 0 Å². The molecular weight excluding hydrogens is 298 g/mol. The summed E-state index contributed by atoms with van der Waals surface area (Å²) in [5.41, 5.74) is 6.78. The van der Waals surface area contributed by atoms with Crippen molar-refractivity contribution in [1.29, 1.82) is 0 Å². The highest BCUT2D eigenvalue weighted by molar-refractivity contribution is 7.90. The highest BCUT2D eigenvalue weighted by atomic mass is 32.2. The first-order valence-corrected chi connectivity index (χ1v) is 9.68. The third-order valence-electron chi connectivity index (χ3n) is 3.80. The fraction of sp³-hybridized carbons (Fsp3) is 0.562. The maximum Gasteiger partial charge on any atom is 0.191 e.